The van der Waals surface area contributed by atoms with Crippen LogP contribution in [0.5, 0.6) is 0 Å². The predicted molar refractivity (Wildman–Crippen MR) is 127 cm³/mol. The van der Waals surface area contributed by atoms with E-state index in [1.165, 1.54) is 19.8 Å². The molecule has 0 fully saturated rings. The van der Waals surface area contributed by atoms with Gasteiger partial charge in [0.05, 0.1) is 11.0 Å². The molecule has 3 rings (SSSR count). The number of carbonyl (C=O) groups is 1. The molecule has 162 valence electrons. The number of aryl methyl sites for hydroxylation is 1. The smallest absolute Gasteiger partial charge is 0.303 e. The van der Waals surface area contributed by atoms with E-state index < -0.39 is 6.10 Å². The van der Waals surface area contributed by atoms with Crippen molar-refractivity contribution in [3.8, 4) is 0 Å². The van der Waals surface area contributed by atoms with Crippen molar-refractivity contribution in [1.29, 1.82) is 0 Å². The van der Waals surface area contributed by atoms with Crippen LogP contribution in [-0.2, 0) is 16.6 Å². The average Bonchev–Trinajstić information content (AvgIpc) is 3.11. The number of imidazole rings is 1. The number of ether oxygens (including phenoxy) is 1. The fourth-order valence-corrected chi connectivity index (χ4v) is 2.46. The molecule has 1 aromatic heterocycles. The predicted octanol–water partition coefficient (Wildman–Crippen LogP) is 7.02. The molecular formula is C26H36N2O2. The first-order valence-corrected chi connectivity index (χ1v) is 10.4. The van der Waals surface area contributed by atoms with Crippen molar-refractivity contribution in [3.05, 3.63) is 84.9 Å². The van der Waals surface area contributed by atoms with Crippen molar-refractivity contribution in [2.45, 2.75) is 53.6 Å². The molecule has 0 aliphatic heterocycles. The maximum Gasteiger partial charge on any atom is 0.303 e. The Morgan fingerprint density at radius 1 is 1.03 bits per heavy atom. The van der Waals surface area contributed by atoms with E-state index in [0.717, 1.165) is 22.4 Å². The zero-order valence-electron chi connectivity index (χ0n) is 19.3. The summed E-state index contributed by atoms with van der Waals surface area (Å²) in [5, 5.41) is 0. The summed E-state index contributed by atoms with van der Waals surface area (Å²) >= 11 is 0. The first kappa shape index (κ1) is 26.9. The Labute approximate surface area is 181 Å². The van der Waals surface area contributed by atoms with Gasteiger partial charge in [-0.3, -0.25) is 4.79 Å². The average molecular weight is 409 g/mol. The third-order valence-electron chi connectivity index (χ3n) is 3.94. The van der Waals surface area contributed by atoms with Crippen LogP contribution < -0.4 is 0 Å². The van der Waals surface area contributed by atoms with E-state index in [-0.39, 0.29) is 5.97 Å². The number of carbonyl (C=O) groups excluding carboxylic acids is 1. The van der Waals surface area contributed by atoms with Gasteiger partial charge in [-0.25, -0.2) is 4.98 Å². The van der Waals surface area contributed by atoms with Crippen molar-refractivity contribution in [2.75, 3.05) is 0 Å². The van der Waals surface area contributed by atoms with Crippen LogP contribution >= 0.6 is 0 Å². The monoisotopic (exact) mass is 408 g/mol. The molecule has 0 saturated carbocycles. The van der Waals surface area contributed by atoms with Gasteiger partial charge in [0.25, 0.3) is 0 Å². The second-order valence-corrected chi connectivity index (χ2v) is 6.17. The minimum atomic E-state index is -0.499. The Morgan fingerprint density at radius 3 is 2.00 bits per heavy atom. The number of aromatic nitrogens is 2. The Bertz CT molecular complexity index is 890. The molecule has 4 heteroatoms. The van der Waals surface area contributed by atoms with Crippen molar-refractivity contribution >= 4 is 17.0 Å². The number of esters is 1. The van der Waals surface area contributed by atoms with Crippen molar-refractivity contribution in [3.63, 3.8) is 0 Å². The molecule has 3 aromatic rings. The highest BCUT2D eigenvalue weighted by Gasteiger charge is 2.23. The lowest BCUT2D eigenvalue weighted by Gasteiger charge is -2.17. The fraction of sp³-hybridized carbons (Fsp3) is 0.346. The summed E-state index contributed by atoms with van der Waals surface area (Å²) in [6, 6.07) is 17.5. The van der Waals surface area contributed by atoms with Crippen LogP contribution in [0.25, 0.3) is 11.0 Å². The zero-order chi connectivity index (χ0) is 22.9. The number of rotatable bonds is 4. The Morgan fingerprint density at radius 2 is 1.53 bits per heavy atom. The minimum absolute atomic E-state index is 0.323. The van der Waals surface area contributed by atoms with Crippen molar-refractivity contribution in [2.24, 2.45) is 7.05 Å². The van der Waals surface area contributed by atoms with Crippen LogP contribution in [0.2, 0.25) is 0 Å². The normalized spacial score (nSPS) is 10.1. The quantitative estimate of drug-likeness (QED) is 0.344. The largest absolute Gasteiger partial charge is 0.449 e. The topological polar surface area (TPSA) is 44.1 Å². The lowest BCUT2D eigenvalue weighted by atomic mass is 10.1. The Kier molecular flexibility index (Phi) is 14.1. The Balaban J connectivity index is 0.000000806. The number of unbranched alkanes of at least 4 members (excludes halogenated alkanes) is 1. The molecule has 4 nitrogen and oxygen atoms in total. The van der Waals surface area contributed by atoms with Crippen LogP contribution in [-0.4, -0.2) is 15.5 Å². The lowest BCUT2D eigenvalue weighted by Crippen LogP contribution is -2.14. The summed E-state index contributed by atoms with van der Waals surface area (Å²) in [5.74, 6) is 0.397. The number of hydrogen-bond donors (Lipinski definition) is 0. The molecular weight excluding hydrogens is 372 g/mol. The molecule has 0 spiro atoms. The molecule has 30 heavy (non-hydrogen) atoms. The van der Waals surface area contributed by atoms with E-state index in [0.29, 0.717) is 0 Å². The number of hydrogen-bond acceptors (Lipinski definition) is 3. The molecule has 0 amide bonds. The molecule has 0 bridgehead atoms. The highest BCUT2D eigenvalue weighted by atomic mass is 16.5. The maximum atomic E-state index is 11.5. The summed E-state index contributed by atoms with van der Waals surface area (Å²) in [6.07, 6.45) is 2.14. The van der Waals surface area contributed by atoms with Gasteiger partial charge in [-0.1, -0.05) is 96.2 Å². The third-order valence-corrected chi connectivity index (χ3v) is 3.94. The summed E-state index contributed by atoms with van der Waals surface area (Å²) in [7, 11) is 1.93. The van der Waals surface area contributed by atoms with Gasteiger partial charge >= 0.3 is 5.97 Å². The minimum Gasteiger partial charge on any atom is -0.449 e. The van der Waals surface area contributed by atoms with E-state index in [9.17, 15) is 4.79 Å². The first-order chi connectivity index (χ1) is 14.5. The van der Waals surface area contributed by atoms with Gasteiger partial charge in [0.15, 0.2) is 11.9 Å². The van der Waals surface area contributed by atoms with Gasteiger partial charge in [-0.15, -0.1) is 5.73 Å². The molecule has 2 aromatic carbocycles. The lowest BCUT2D eigenvalue weighted by molar-refractivity contribution is -0.145. The maximum absolute atomic E-state index is 11.5. The van der Waals surface area contributed by atoms with E-state index in [4.69, 9.17) is 4.74 Å². The van der Waals surface area contributed by atoms with Gasteiger partial charge < -0.3 is 9.30 Å². The van der Waals surface area contributed by atoms with Gasteiger partial charge in [0.1, 0.15) is 0 Å². The number of nitrogens with zero attached hydrogens (tertiary/aromatic N) is 2. The van der Waals surface area contributed by atoms with E-state index in [1.54, 1.807) is 0 Å². The van der Waals surface area contributed by atoms with E-state index >= 15 is 0 Å². The molecule has 0 aliphatic carbocycles. The Hall–Kier alpha value is -3.10. The molecule has 0 radical (unpaired) electrons. The van der Waals surface area contributed by atoms with Gasteiger partial charge in [0, 0.05) is 19.5 Å². The number of para-hydroxylation sites is 2. The standard InChI is InChI=1S/C17H16N2O2.C4H10.C3H4.C2H6/c1-12(20)21-16(13-8-4-3-5-9-13)17-18-14-10-6-7-11-15(14)19(17)2;1-3-4-2;1-3-2;1-2/h3-11,16H,1-2H3;3-4H2,1-2H3;1-2H2;1-2H3. The van der Waals surface area contributed by atoms with Crippen molar-refractivity contribution < 1.29 is 9.53 Å². The number of benzene rings is 2. The highest BCUT2D eigenvalue weighted by Crippen LogP contribution is 2.28. The number of fused-ring (bicyclic) bond motifs is 1. The second-order valence-electron chi connectivity index (χ2n) is 6.17. The van der Waals surface area contributed by atoms with Crippen LogP contribution in [0, 0.1) is 0 Å². The molecule has 1 unspecified atom stereocenters. The molecule has 0 N–H and O–H groups in total. The van der Waals surface area contributed by atoms with Gasteiger partial charge in [-0.05, 0) is 12.1 Å². The van der Waals surface area contributed by atoms with Crippen LogP contribution in [0.1, 0.15) is 65.0 Å². The van der Waals surface area contributed by atoms with Crippen LogP contribution in [0.4, 0.5) is 0 Å². The van der Waals surface area contributed by atoms with Gasteiger partial charge in [0.2, 0.25) is 0 Å². The van der Waals surface area contributed by atoms with Crippen LogP contribution in [0.3, 0.4) is 0 Å². The summed E-state index contributed by atoms with van der Waals surface area (Å²) in [5.41, 5.74) is 5.06. The molecule has 1 atom stereocenters. The first-order valence-electron chi connectivity index (χ1n) is 10.4. The molecule has 0 saturated heterocycles. The summed E-state index contributed by atoms with van der Waals surface area (Å²) in [4.78, 5) is 16.1. The van der Waals surface area contributed by atoms with E-state index in [1.807, 2.05) is 80.1 Å². The SMILES string of the molecule is C=C=C.CC.CC(=O)OC(c1ccccc1)c1nc2ccccc2n1C.CCCC. The van der Waals surface area contributed by atoms with E-state index in [2.05, 4.69) is 37.7 Å². The summed E-state index contributed by atoms with van der Waals surface area (Å²) < 4.78 is 7.48. The highest BCUT2D eigenvalue weighted by molar-refractivity contribution is 5.76. The van der Waals surface area contributed by atoms with Crippen molar-refractivity contribution in [1.82, 2.24) is 9.55 Å². The zero-order valence-corrected chi connectivity index (χ0v) is 19.3. The molecule has 1 heterocycles. The second kappa shape index (κ2) is 15.8. The third kappa shape index (κ3) is 8.50. The van der Waals surface area contributed by atoms with Gasteiger partial charge in [-0.2, -0.15) is 0 Å². The molecule has 0 aliphatic rings. The summed E-state index contributed by atoms with van der Waals surface area (Å²) in [6.45, 7) is 16.0. The fourth-order valence-electron chi connectivity index (χ4n) is 2.46. The van der Waals surface area contributed by atoms with Crippen LogP contribution in [0.15, 0.2) is 73.5 Å².